The molecule has 4 N–H and O–H groups in total. The van der Waals surface area contributed by atoms with Crippen LogP contribution >= 0.6 is 0 Å². The number of carbonyl (C=O) groups excluding carboxylic acids is 2. The van der Waals surface area contributed by atoms with E-state index in [4.69, 9.17) is 12.2 Å². The van der Waals surface area contributed by atoms with Crippen molar-refractivity contribution in [1.29, 1.82) is 0 Å². The molecule has 0 saturated heterocycles. The summed E-state index contributed by atoms with van der Waals surface area (Å²) in [6.45, 7) is 0.351. The van der Waals surface area contributed by atoms with Crippen LogP contribution in [0.5, 0.6) is 0 Å². The molecule has 21 heavy (non-hydrogen) atoms. The van der Waals surface area contributed by atoms with Gasteiger partial charge in [-0.05, 0) is 30.5 Å². The first-order valence-electron chi connectivity index (χ1n) is 6.96. The molecule has 2 amide bonds. The van der Waals surface area contributed by atoms with Gasteiger partial charge in [0.25, 0.3) is 0 Å². The van der Waals surface area contributed by atoms with E-state index in [-0.39, 0.29) is 24.2 Å². The van der Waals surface area contributed by atoms with Gasteiger partial charge in [-0.3, -0.25) is 9.59 Å². The minimum atomic E-state index is -0.687. The molecular formula is C16H19N3O2. The van der Waals surface area contributed by atoms with E-state index in [1.54, 1.807) is 0 Å². The van der Waals surface area contributed by atoms with Crippen LogP contribution in [0.2, 0.25) is 0 Å². The number of amides is 2. The van der Waals surface area contributed by atoms with Crippen molar-refractivity contribution >= 4 is 17.5 Å². The number of benzene rings is 1. The third-order valence-electron chi connectivity index (χ3n) is 3.28. The number of hydrogen-bond donors (Lipinski definition) is 3. The van der Waals surface area contributed by atoms with Gasteiger partial charge in [0.05, 0.1) is 6.04 Å². The van der Waals surface area contributed by atoms with Crippen LogP contribution < -0.4 is 16.4 Å². The first-order chi connectivity index (χ1) is 10.1. The summed E-state index contributed by atoms with van der Waals surface area (Å²) < 4.78 is 0. The maximum Gasteiger partial charge on any atom is 0.238 e. The van der Waals surface area contributed by atoms with E-state index in [1.165, 1.54) is 0 Å². The highest BCUT2D eigenvalue weighted by Crippen LogP contribution is 2.30. The van der Waals surface area contributed by atoms with Crippen LogP contribution in [0.4, 0.5) is 5.69 Å². The monoisotopic (exact) mass is 285 g/mol. The molecule has 5 heteroatoms. The normalized spacial score (nSPS) is 14.9. The van der Waals surface area contributed by atoms with Crippen molar-refractivity contribution in [2.24, 2.45) is 11.7 Å². The van der Waals surface area contributed by atoms with Gasteiger partial charge in [-0.15, -0.1) is 12.3 Å². The van der Waals surface area contributed by atoms with E-state index in [0.29, 0.717) is 6.54 Å². The quantitative estimate of drug-likeness (QED) is 0.682. The second-order valence-electron chi connectivity index (χ2n) is 5.20. The van der Waals surface area contributed by atoms with E-state index in [0.717, 1.165) is 24.1 Å². The fraction of sp³-hybridized carbons (Fsp3) is 0.375. The molecule has 110 valence electrons. The lowest BCUT2D eigenvalue weighted by molar-refractivity contribution is -0.122. The van der Waals surface area contributed by atoms with Gasteiger partial charge >= 0.3 is 0 Å². The number of anilines is 1. The molecule has 1 saturated carbocycles. The lowest BCUT2D eigenvalue weighted by Gasteiger charge is -2.11. The molecular weight excluding hydrogens is 266 g/mol. The highest BCUT2D eigenvalue weighted by Gasteiger charge is 2.29. The Bertz CT molecular complexity index is 573. The van der Waals surface area contributed by atoms with E-state index < -0.39 is 6.04 Å². The summed E-state index contributed by atoms with van der Waals surface area (Å²) in [5, 5.41) is 5.60. The van der Waals surface area contributed by atoms with Crippen LogP contribution in [0.25, 0.3) is 0 Å². The fourth-order valence-corrected chi connectivity index (χ4v) is 1.89. The minimum Gasteiger partial charge on any atom is -0.351 e. The van der Waals surface area contributed by atoms with E-state index in [9.17, 15) is 9.59 Å². The Kier molecular flexibility index (Phi) is 4.96. The van der Waals surface area contributed by atoms with Gasteiger partial charge in [-0.2, -0.15) is 0 Å². The Hall–Kier alpha value is -2.32. The first-order valence-corrected chi connectivity index (χ1v) is 6.96. The molecule has 0 bridgehead atoms. The number of nitrogens with one attached hydrogen (secondary N) is 2. The van der Waals surface area contributed by atoms with Crippen LogP contribution in [0.15, 0.2) is 24.3 Å². The summed E-state index contributed by atoms with van der Waals surface area (Å²) >= 11 is 0. The molecule has 1 atom stereocenters. The summed E-state index contributed by atoms with van der Waals surface area (Å²) in [6.07, 6.45) is 7.27. The van der Waals surface area contributed by atoms with E-state index in [2.05, 4.69) is 16.6 Å². The van der Waals surface area contributed by atoms with Crippen molar-refractivity contribution in [2.75, 3.05) is 5.32 Å². The average molecular weight is 285 g/mol. The summed E-state index contributed by atoms with van der Waals surface area (Å²) in [6, 6.07) is 6.70. The molecule has 0 heterocycles. The maximum atomic E-state index is 11.7. The second-order valence-corrected chi connectivity index (χ2v) is 5.20. The zero-order chi connectivity index (χ0) is 15.2. The molecule has 1 aliphatic carbocycles. The third kappa shape index (κ3) is 4.62. The maximum absolute atomic E-state index is 11.7. The largest absolute Gasteiger partial charge is 0.351 e. The van der Waals surface area contributed by atoms with Gasteiger partial charge in [0.2, 0.25) is 11.8 Å². The van der Waals surface area contributed by atoms with Gasteiger partial charge in [0, 0.05) is 24.6 Å². The lowest BCUT2D eigenvalue weighted by atomic mass is 10.1. The second kappa shape index (κ2) is 6.91. The fourth-order valence-electron chi connectivity index (χ4n) is 1.89. The predicted octanol–water partition coefficient (Wildman–Crippen LogP) is 1.00. The SMILES string of the molecule is C#CCC(N)C(=O)NCc1cccc(NC(=O)C2CC2)c1. The number of terminal acetylenes is 1. The van der Waals surface area contributed by atoms with Gasteiger partial charge in [0.1, 0.15) is 0 Å². The van der Waals surface area contributed by atoms with Crippen LogP contribution in [-0.4, -0.2) is 17.9 Å². The number of rotatable bonds is 6. The lowest BCUT2D eigenvalue weighted by Crippen LogP contribution is -2.39. The van der Waals surface area contributed by atoms with Crippen LogP contribution in [0.3, 0.4) is 0 Å². The number of hydrogen-bond acceptors (Lipinski definition) is 3. The highest BCUT2D eigenvalue weighted by atomic mass is 16.2. The van der Waals surface area contributed by atoms with Crippen molar-refractivity contribution < 1.29 is 9.59 Å². The average Bonchev–Trinajstić information content (AvgIpc) is 3.30. The predicted molar refractivity (Wildman–Crippen MR) is 81.1 cm³/mol. The van der Waals surface area contributed by atoms with E-state index >= 15 is 0 Å². The molecule has 2 rings (SSSR count). The van der Waals surface area contributed by atoms with Crippen molar-refractivity contribution in [3.63, 3.8) is 0 Å². The summed E-state index contributed by atoms with van der Waals surface area (Å²) in [5.74, 6) is 2.31. The summed E-state index contributed by atoms with van der Waals surface area (Å²) in [7, 11) is 0. The molecule has 0 aromatic heterocycles. The highest BCUT2D eigenvalue weighted by molar-refractivity contribution is 5.94. The topological polar surface area (TPSA) is 84.2 Å². The van der Waals surface area contributed by atoms with Crippen molar-refractivity contribution in [2.45, 2.75) is 31.8 Å². The molecule has 1 aromatic rings. The summed E-state index contributed by atoms with van der Waals surface area (Å²) in [4.78, 5) is 23.4. The smallest absolute Gasteiger partial charge is 0.238 e. The third-order valence-corrected chi connectivity index (χ3v) is 3.28. The number of carbonyl (C=O) groups is 2. The van der Waals surface area contributed by atoms with Crippen LogP contribution in [0, 0.1) is 18.3 Å². The Morgan fingerprint density at radius 1 is 1.43 bits per heavy atom. The Labute approximate surface area is 124 Å². The molecule has 1 aliphatic rings. The molecule has 5 nitrogen and oxygen atoms in total. The molecule has 1 unspecified atom stereocenters. The standard InChI is InChI=1S/C16H19N3O2/c1-2-4-14(17)16(21)18-10-11-5-3-6-13(9-11)19-15(20)12-7-8-12/h1,3,5-6,9,12,14H,4,7-8,10,17H2,(H,18,21)(H,19,20). The number of nitrogens with two attached hydrogens (primary N) is 1. The first kappa shape index (κ1) is 15.1. The van der Waals surface area contributed by atoms with Crippen LogP contribution in [-0.2, 0) is 16.1 Å². The Morgan fingerprint density at radius 3 is 2.86 bits per heavy atom. The van der Waals surface area contributed by atoms with Crippen molar-refractivity contribution in [3.8, 4) is 12.3 Å². The Balaban J connectivity index is 1.87. The Morgan fingerprint density at radius 2 is 2.19 bits per heavy atom. The summed E-state index contributed by atoms with van der Waals surface area (Å²) in [5.41, 5.74) is 7.25. The van der Waals surface area contributed by atoms with Crippen molar-refractivity contribution in [1.82, 2.24) is 5.32 Å². The zero-order valence-corrected chi connectivity index (χ0v) is 11.8. The molecule has 1 aromatic carbocycles. The molecule has 1 fully saturated rings. The van der Waals surface area contributed by atoms with Crippen molar-refractivity contribution in [3.05, 3.63) is 29.8 Å². The van der Waals surface area contributed by atoms with Gasteiger partial charge in [-0.1, -0.05) is 12.1 Å². The van der Waals surface area contributed by atoms with E-state index in [1.807, 2.05) is 24.3 Å². The minimum absolute atomic E-state index is 0.0622. The van der Waals surface area contributed by atoms with Gasteiger partial charge in [-0.25, -0.2) is 0 Å². The van der Waals surface area contributed by atoms with Gasteiger partial charge < -0.3 is 16.4 Å². The molecule has 0 spiro atoms. The molecule has 0 aliphatic heterocycles. The van der Waals surface area contributed by atoms with Crippen LogP contribution in [0.1, 0.15) is 24.8 Å². The molecule has 0 radical (unpaired) electrons. The van der Waals surface area contributed by atoms with Gasteiger partial charge in [0.15, 0.2) is 0 Å². The zero-order valence-electron chi connectivity index (χ0n) is 11.8.